The Morgan fingerprint density at radius 1 is 1.06 bits per heavy atom. The Balaban J connectivity index is 1.55. The number of rotatable bonds is 8. The zero-order valence-electron chi connectivity index (χ0n) is 18.4. The number of hydrogen-bond donors (Lipinski definition) is 1. The lowest BCUT2D eigenvalue weighted by Gasteiger charge is -2.17. The number of para-hydroxylation sites is 1. The number of benzene rings is 2. The molecule has 0 saturated carbocycles. The molecule has 162 valence electrons. The monoisotopic (exact) mass is 420 g/mol. The van der Waals surface area contributed by atoms with Crippen molar-refractivity contribution in [2.24, 2.45) is 0 Å². The second-order valence-electron chi connectivity index (χ2n) is 7.53. The highest BCUT2D eigenvalue weighted by atomic mass is 16.5. The minimum atomic E-state index is -0.376. The first-order valence-electron chi connectivity index (χ1n) is 10.1. The predicted molar refractivity (Wildman–Crippen MR) is 119 cm³/mol. The maximum Gasteiger partial charge on any atom is 0.337 e. The molecule has 1 heterocycles. The van der Waals surface area contributed by atoms with E-state index in [9.17, 15) is 9.59 Å². The second kappa shape index (κ2) is 10.0. The predicted octanol–water partition coefficient (Wildman–Crippen LogP) is 3.02. The lowest BCUT2D eigenvalue weighted by molar-refractivity contribution is -0.122. The van der Waals surface area contributed by atoms with Crippen LogP contribution in [0.1, 0.15) is 32.9 Å². The number of carbonyl (C=O) groups is 2. The van der Waals surface area contributed by atoms with Crippen molar-refractivity contribution < 1.29 is 14.3 Å². The van der Waals surface area contributed by atoms with Gasteiger partial charge in [-0.3, -0.25) is 9.69 Å². The summed E-state index contributed by atoms with van der Waals surface area (Å²) in [5.41, 5.74) is 5.57. The zero-order valence-corrected chi connectivity index (χ0v) is 18.4. The van der Waals surface area contributed by atoms with E-state index < -0.39 is 0 Å². The molecule has 7 nitrogen and oxygen atoms in total. The van der Waals surface area contributed by atoms with Crippen LogP contribution in [-0.4, -0.2) is 47.3 Å². The fraction of sp³-hybridized carbons (Fsp3) is 0.292. The van der Waals surface area contributed by atoms with E-state index in [0.717, 1.165) is 28.2 Å². The third kappa shape index (κ3) is 5.58. The number of likely N-dealkylation sites (N-methyl/N-ethyl adjacent to an activating group) is 1. The topological polar surface area (TPSA) is 76.5 Å². The molecular weight excluding hydrogens is 392 g/mol. The molecule has 3 rings (SSSR count). The lowest BCUT2D eigenvalue weighted by atomic mass is 10.1. The van der Waals surface area contributed by atoms with Crippen LogP contribution in [0.2, 0.25) is 0 Å². The average molecular weight is 421 g/mol. The molecule has 0 saturated heterocycles. The zero-order chi connectivity index (χ0) is 22.4. The van der Waals surface area contributed by atoms with Crippen molar-refractivity contribution in [2.75, 3.05) is 20.7 Å². The van der Waals surface area contributed by atoms with Crippen LogP contribution in [0.15, 0.2) is 54.6 Å². The number of hydrogen-bond acceptors (Lipinski definition) is 5. The van der Waals surface area contributed by atoms with Gasteiger partial charge in [-0.25, -0.2) is 9.48 Å². The number of methoxy groups -OCH3 is 1. The van der Waals surface area contributed by atoms with Gasteiger partial charge in [0.15, 0.2) is 0 Å². The van der Waals surface area contributed by atoms with Gasteiger partial charge in [0.25, 0.3) is 0 Å². The van der Waals surface area contributed by atoms with Crippen LogP contribution < -0.4 is 5.32 Å². The van der Waals surface area contributed by atoms with Gasteiger partial charge in [0.2, 0.25) is 5.91 Å². The summed E-state index contributed by atoms with van der Waals surface area (Å²) in [6.45, 7) is 5.35. The van der Waals surface area contributed by atoms with E-state index in [1.54, 1.807) is 24.3 Å². The fourth-order valence-electron chi connectivity index (χ4n) is 3.43. The summed E-state index contributed by atoms with van der Waals surface area (Å²) in [7, 11) is 3.27. The number of nitrogens with one attached hydrogen (secondary N) is 1. The summed E-state index contributed by atoms with van der Waals surface area (Å²) < 4.78 is 6.63. The van der Waals surface area contributed by atoms with Gasteiger partial charge in [0, 0.05) is 24.3 Å². The van der Waals surface area contributed by atoms with Gasteiger partial charge >= 0.3 is 5.97 Å². The Morgan fingerprint density at radius 2 is 1.74 bits per heavy atom. The molecule has 1 N–H and O–H groups in total. The largest absolute Gasteiger partial charge is 0.465 e. The Morgan fingerprint density at radius 3 is 2.39 bits per heavy atom. The molecule has 0 unspecified atom stereocenters. The average Bonchev–Trinajstić information content (AvgIpc) is 3.06. The molecule has 2 aromatic carbocycles. The number of nitrogens with zero attached hydrogens (tertiary/aromatic N) is 3. The second-order valence-corrected chi connectivity index (χ2v) is 7.53. The van der Waals surface area contributed by atoms with E-state index in [2.05, 4.69) is 10.4 Å². The molecule has 1 aromatic heterocycles. The molecule has 0 radical (unpaired) electrons. The quantitative estimate of drug-likeness (QED) is 0.567. The van der Waals surface area contributed by atoms with Crippen LogP contribution in [0.25, 0.3) is 5.69 Å². The highest BCUT2D eigenvalue weighted by Gasteiger charge is 2.16. The number of amides is 1. The minimum Gasteiger partial charge on any atom is -0.465 e. The Kier molecular flexibility index (Phi) is 7.20. The number of aryl methyl sites for hydroxylation is 1. The van der Waals surface area contributed by atoms with Crippen molar-refractivity contribution >= 4 is 11.9 Å². The molecular formula is C24H28N4O3. The Hall–Kier alpha value is -3.45. The minimum absolute atomic E-state index is 0.0645. The van der Waals surface area contributed by atoms with Gasteiger partial charge in [-0.1, -0.05) is 30.3 Å². The summed E-state index contributed by atoms with van der Waals surface area (Å²) in [4.78, 5) is 25.9. The highest BCUT2D eigenvalue weighted by molar-refractivity contribution is 5.89. The van der Waals surface area contributed by atoms with Crippen LogP contribution in [-0.2, 0) is 22.6 Å². The van der Waals surface area contributed by atoms with Crippen molar-refractivity contribution in [3.05, 3.63) is 82.7 Å². The van der Waals surface area contributed by atoms with Crippen molar-refractivity contribution in [1.82, 2.24) is 20.0 Å². The molecule has 3 aromatic rings. The Bertz CT molecular complexity index is 1040. The molecule has 0 bridgehead atoms. The molecule has 0 aliphatic carbocycles. The molecule has 0 aliphatic heterocycles. The first kappa shape index (κ1) is 22.2. The number of aromatic nitrogens is 2. The maximum absolute atomic E-state index is 12.4. The number of carbonyl (C=O) groups excluding carboxylic acids is 2. The molecule has 7 heteroatoms. The van der Waals surface area contributed by atoms with E-state index in [1.165, 1.54) is 7.11 Å². The smallest absolute Gasteiger partial charge is 0.337 e. The first-order valence-corrected chi connectivity index (χ1v) is 10.1. The normalized spacial score (nSPS) is 10.9. The summed E-state index contributed by atoms with van der Waals surface area (Å²) in [6, 6.07) is 17.0. The van der Waals surface area contributed by atoms with Crippen LogP contribution in [0.3, 0.4) is 0 Å². The van der Waals surface area contributed by atoms with Gasteiger partial charge < -0.3 is 10.1 Å². The van der Waals surface area contributed by atoms with Gasteiger partial charge in [0.1, 0.15) is 0 Å². The van der Waals surface area contributed by atoms with Crippen molar-refractivity contribution in [1.29, 1.82) is 0 Å². The van der Waals surface area contributed by atoms with Crippen LogP contribution in [0.4, 0.5) is 0 Å². The summed E-state index contributed by atoms with van der Waals surface area (Å²) in [6.07, 6.45) is 0. The SMILES string of the molecule is COC(=O)c1ccc(CNC(=O)CN(C)Cc2c(C)nn(-c3ccccc3)c2C)cc1. The van der Waals surface area contributed by atoms with E-state index >= 15 is 0 Å². The molecule has 0 aliphatic rings. The van der Waals surface area contributed by atoms with E-state index in [4.69, 9.17) is 4.74 Å². The summed E-state index contributed by atoms with van der Waals surface area (Å²) in [5, 5.41) is 7.59. The molecule has 31 heavy (non-hydrogen) atoms. The van der Waals surface area contributed by atoms with E-state index in [1.807, 2.05) is 60.8 Å². The third-order valence-corrected chi connectivity index (χ3v) is 5.15. The molecule has 0 spiro atoms. The van der Waals surface area contributed by atoms with Crippen molar-refractivity contribution in [2.45, 2.75) is 26.9 Å². The van der Waals surface area contributed by atoms with E-state index in [0.29, 0.717) is 18.7 Å². The molecule has 0 atom stereocenters. The third-order valence-electron chi connectivity index (χ3n) is 5.15. The van der Waals surface area contributed by atoms with Crippen molar-refractivity contribution in [3.8, 4) is 5.69 Å². The summed E-state index contributed by atoms with van der Waals surface area (Å²) >= 11 is 0. The van der Waals surface area contributed by atoms with Gasteiger partial charge in [-0.2, -0.15) is 5.10 Å². The van der Waals surface area contributed by atoms with Gasteiger partial charge in [-0.05, 0) is 50.7 Å². The van der Waals surface area contributed by atoms with Crippen LogP contribution in [0.5, 0.6) is 0 Å². The van der Waals surface area contributed by atoms with Gasteiger partial charge in [0.05, 0.1) is 30.6 Å². The maximum atomic E-state index is 12.4. The standard InChI is InChI=1S/C24H28N4O3/c1-17-22(18(2)28(26-17)21-8-6-5-7-9-21)15-27(3)16-23(29)25-14-19-10-12-20(13-11-19)24(30)31-4/h5-13H,14-16H2,1-4H3,(H,25,29). The Labute approximate surface area is 182 Å². The van der Waals surface area contributed by atoms with Crippen LogP contribution in [0, 0.1) is 13.8 Å². The first-order chi connectivity index (χ1) is 14.9. The summed E-state index contributed by atoms with van der Waals surface area (Å²) in [5.74, 6) is -0.441. The number of ether oxygens (including phenoxy) is 1. The fourth-order valence-corrected chi connectivity index (χ4v) is 3.43. The molecule has 0 fully saturated rings. The van der Waals surface area contributed by atoms with Crippen LogP contribution >= 0.6 is 0 Å². The van der Waals surface area contributed by atoms with Crippen molar-refractivity contribution in [3.63, 3.8) is 0 Å². The molecule has 1 amide bonds. The van der Waals surface area contributed by atoms with E-state index in [-0.39, 0.29) is 18.4 Å². The lowest BCUT2D eigenvalue weighted by Crippen LogP contribution is -2.34. The van der Waals surface area contributed by atoms with Gasteiger partial charge in [-0.15, -0.1) is 0 Å². The number of esters is 1. The highest BCUT2D eigenvalue weighted by Crippen LogP contribution is 2.19.